The molecular formula is C59H72N10O20S2. The number of β-amino-alcohol motifs (C(OH)–C–C–N with tert-alkyl or cyclic N) is 1. The number of benzene rings is 4. The van der Waals surface area contributed by atoms with Crippen molar-refractivity contribution in [3.8, 4) is 49.5 Å². The number of hydrogen-bond donors (Lipinski definition) is 14. The molecule has 3 saturated heterocycles. The quantitative estimate of drug-likeness (QED) is 0.0325. The van der Waals surface area contributed by atoms with Gasteiger partial charge in [-0.05, 0) is 73.0 Å². The maximum Gasteiger partial charge on any atom is 0.446 e. The highest BCUT2D eigenvalue weighted by atomic mass is 32.3. The fourth-order valence-corrected chi connectivity index (χ4v) is 11.9. The zero-order chi connectivity index (χ0) is 66.0. The van der Waals surface area contributed by atoms with Gasteiger partial charge in [0.05, 0.1) is 43.2 Å². The second-order valence-electron chi connectivity index (χ2n) is 22.3. The third kappa shape index (κ3) is 17.2. The van der Waals surface area contributed by atoms with E-state index in [1.807, 2.05) is 48.5 Å². The predicted octanol–water partition coefficient (Wildman–Crippen LogP) is -2.25. The van der Waals surface area contributed by atoms with Gasteiger partial charge in [0.2, 0.25) is 35.4 Å². The van der Waals surface area contributed by atoms with Gasteiger partial charge in [0.25, 0.3) is 5.91 Å². The molecule has 1 aromatic heterocycles. The van der Waals surface area contributed by atoms with Crippen molar-refractivity contribution in [2.24, 2.45) is 11.7 Å². The molecule has 4 heterocycles. The first-order chi connectivity index (χ1) is 43.2. The van der Waals surface area contributed by atoms with Gasteiger partial charge in [-0.25, -0.2) is 0 Å². The lowest BCUT2D eigenvalue weighted by molar-refractivity contribution is -0.147. The van der Waals surface area contributed by atoms with E-state index in [-0.39, 0.29) is 30.6 Å². The Hall–Kier alpha value is -8.28. The topological polar surface area (TPSA) is 462 Å². The molecule has 8 rings (SSSR count). The van der Waals surface area contributed by atoms with Crippen molar-refractivity contribution in [1.82, 2.24) is 46.6 Å². The number of aromatic hydroxyl groups is 1. The molecule has 5 aromatic rings. The minimum absolute atomic E-state index is 0.000906. The van der Waals surface area contributed by atoms with Gasteiger partial charge >= 0.3 is 10.4 Å². The summed E-state index contributed by atoms with van der Waals surface area (Å²) in [6, 6.07) is 12.8. The predicted molar refractivity (Wildman–Crippen MR) is 322 cm³/mol. The van der Waals surface area contributed by atoms with Crippen molar-refractivity contribution in [2.75, 3.05) is 46.5 Å². The second-order valence-corrected chi connectivity index (χ2v) is 24.3. The highest BCUT2D eigenvalue weighted by Crippen LogP contribution is 2.34. The van der Waals surface area contributed by atoms with Crippen LogP contribution in [0.15, 0.2) is 91.0 Å². The molecule has 3 fully saturated rings. The molecule has 0 aliphatic carbocycles. The van der Waals surface area contributed by atoms with Crippen LogP contribution in [0, 0.1) is 5.92 Å². The van der Waals surface area contributed by atoms with Crippen molar-refractivity contribution >= 4 is 63.1 Å². The molecule has 3 aliphatic heterocycles. The van der Waals surface area contributed by atoms with E-state index < -0.39 is 174 Å². The Morgan fingerprint density at radius 3 is 1.95 bits per heavy atom. The molecule has 0 saturated carbocycles. The molecule has 13 atom stereocenters. The maximum absolute atomic E-state index is 14.7. The van der Waals surface area contributed by atoms with E-state index >= 15 is 0 Å². The lowest BCUT2D eigenvalue weighted by Crippen LogP contribution is -2.64. The number of hydrogen-bond acceptors (Lipinski definition) is 23. The molecule has 7 amide bonds. The molecule has 0 bridgehead atoms. The summed E-state index contributed by atoms with van der Waals surface area (Å²) in [7, 11) is -3.62. The highest BCUT2D eigenvalue weighted by Gasteiger charge is 2.50. The van der Waals surface area contributed by atoms with Crippen LogP contribution >= 0.6 is 11.3 Å². The molecule has 490 valence electrons. The molecule has 4 aromatic carbocycles. The van der Waals surface area contributed by atoms with Gasteiger partial charge in [-0.15, -0.1) is 10.2 Å². The van der Waals surface area contributed by atoms with Gasteiger partial charge in [0.1, 0.15) is 58.6 Å². The molecule has 91 heavy (non-hydrogen) atoms. The Bertz CT molecular complexity index is 3530. The van der Waals surface area contributed by atoms with Gasteiger partial charge < -0.3 is 91.5 Å². The summed E-state index contributed by atoms with van der Waals surface area (Å²) >= 11 is 1.29. The van der Waals surface area contributed by atoms with E-state index in [0.29, 0.717) is 34.5 Å². The first kappa shape index (κ1) is 68.6. The molecule has 32 heteroatoms. The van der Waals surface area contributed by atoms with E-state index in [4.69, 9.17) is 15.2 Å². The molecule has 0 unspecified atom stereocenters. The van der Waals surface area contributed by atoms with Crippen LogP contribution in [-0.2, 0) is 50.3 Å². The Morgan fingerprint density at radius 1 is 0.736 bits per heavy atom. The molecule has 30 nitrogen and oxygen atoms in total. The number of nitrogens with one attached hydrogen (secondary N) is 5. The van der Waals surface area contributed by atoms with Crippen LogP contribution in [-0.4, -0.2) is 229 Å². The van der Waals surface area contributed by atoms with Gasteiger partial charge in [0.15, 0.2) is 11.5 Å². The summed E-state index contributed by atoms with van der Waals surface area (Å²) in [6.45, 7) is 1.56. The highest BCUT2D eigenvalue weighted by molar-refractivity contribution is 7.81. The van der Waals surface area contributed by atoms with Crippen LogP contribution < -0.4 is 41.2 Å². The van der Waals surface area contributed by atoms with Gasteiger partial charge in [-0.1, -0.05) is 72.9 Å². The number of phenolic OH excluding ortho intramolecular Hbond substituents is 1. The summed E-state index contributed by atoms with van der Waals surface area (Å²) in [4.78, 5) is 103. The van der Waals surface area contributed by atoms with Crippen LogP contribution in [0.3, 0.4) is 0 Å². The zero-order valence-corrected chi connectivity index (χ0v) is 51.0. The van der Waals surface area contributed by atoms with Crippen molar-refractivity contribution in [2.45, 2.75) is 112 Å². The third-order valence-electron chi connectivity index (χ3n) is 15.6. The zero-order valence-electron chi connectivity index (χ0n) is 49.4. The van der Waals surface area contributed by atoms with Crippen LogP contribution in [0.25, 0.3) is 32.3 Å². The number of carbonyl (C=O) groups excluding carboxylic acids is 7. The number of methoxy groups -OCH3 is 1. The normalized spacial score (nSPS) is 25.0. The number of amides is 7. The van der Waals surface area contributed by atoms with E-state index in [1.54, 1.807) is 19.2 Å². The average molecular weight is 1310 g/mol. The number of aromatic nitrogens is 2. The standard InChI is InChI=1S/C59H72N10O20S2/c1-29-27-69-49(50(29)76)55(81)61-26-37(71)24-40(62-51(77)34-7-11-36(12-8-34)57-67-66-56(90-57)35-9-5-32(6-10-35)33-13-15-39(16-14-33)88-21-20-87-3)52(78)63-46(30(2)70)58(82)68-28-38(72)25-41(68)53(79)64-47(54(80)65-48(59(69)83)43(74)18-19-60)44(75)22-31-4-17-42(73)45(23-31)89-91(84,85)86/h4-17,23,29-30,37-38,40-41,43-44,46-50,70-76H,18-22,24-28,60H2,1-3H3,(H,61,81)(H,62,77)(H,63,78)(H,64,79)(H,65,80)(H,84,85,86)/t29-,30+,37+,38+,40-,41-,43+,44+,46-,47-,48-,49-,50-/m0/s1. The minimum atomic E-state index is -5.22. The summed E-state index contributed by atoms with van der Waals surface area (Å²) in [5, 5.41) is 100. The van der Waals surface area contributed by atoms with Gasteiger partial charge in [0, 0.05) is 68.6 Å². The summed E-state index contributed by atoms with van der Waals surface area (Å²) < 4.78 is 47.5. The Kier molecular flexibility index (Phi) is 22.8. The lowest BCUT2D eigenvalue weighted by atomic mass is 9.98. The lowest BCUT2D eigenvalue weighted by Gasteiger charge is -2.34. The fourth-order valence-electron chi connectivity index (χ4n) is 10.7. The monoisotopic (exact) mass is 1300 g/mol. The Morgan fingerprint density at radius 2 is 1.33 bits per heavy atom. The first-order valence-electron chi connectivity index (χ1n) is 28.9. The minimum Gasteiger partial charge on any atom is -0.504 e. The van der Waals surface area contributed by atoms with Crippen molar-refractivity contribution in [3.63, 3.8) is 0 Å². The number of carbonyl (C=O) groups is 7. The molecular weight excluding hydrogens is 1230 g/mol. The second kappa shape index (κ2) is 30.2. The number of phenols is 1. The molecule has 0 spiro atoms. The summed E-state index contributed by atoms with van der Waals surface area (Å²) in [6.07, 6.45) is -12.8. The first-order valence-corrected chi connectivity index (χ1v) is 31.1. The van der Waals surface area contributed by atoms with E-state index in [2.05, 4.69) is 41.0 Å². The van der Waals surface area contributed by atoms with Gasteiger partial charge in [-0.3, -0.25) is 38.1 Å². The van der Waals surface area contributed by atoms with Crippen molar-refractivity contribution in [1.29, 1.82) is 0 Å². The van der Waals surface area contributed by atoms with Gasteiger partial charge in [-0.2, -0.15) is 8.42 Å². The Balaban J connectivity index is 1.06. The van der Waals surface area contributed by atoms with Crippen LogP contribution in [0.1, 0.15) is 49.0 Å². The fraction of sp³-hybridized carbons (Fsp3) is 0.441. The SMILES string of the molecule is COCCOc1ccc(-c2ccc(-c3nnc(-c4ccc(C(=O)N[C@H]5C[C@@H](O)CNC(=O)[C@@H]6[C@@H](O)[C@@H](C)CN6C(=O)[C@H]([C@H](O)CCN)NC(=O)[C@H]([C@H](O)Cc6ccc(O)c(OS(=O)(=O)O)c6)NC(=O)[C@@H]6C[C@@H](O)CN6C(=O)[C@H]([C@@H](C)O)NC5=O)cc4)s3)cc2)cc1. The van der Waals surface area contributed by atoms with Crippen molar-refractivity contribution < 1.29 is 95.9 Å². The van der Waals surface area contributed by atoms with Crippen LogP contribution in [0.5, 0.6) is 17.2 Å². The summed E-state index contributed by atoms with van der Waals surface area (Å²) in [5.41, 5.74) is 8.96. The van der Waals surface area contributed by atoms with Crippen LogP contribution in [0.2, 0.25) is 0 Å². The van der Waals surface area contributed by atoms with Crippen molar-refractivity contribution in [3.05, 3.63) is 102 Å². The average Bonchev–Trinajstić information content (AvgIpc) is 1.79. The summed E-state index contributed by atoms with van der Waals surface area (Å²) in [5.74, 6) is -9.82. The molecule has 3 aliphatic rings. The van der Waals surface area contributed by atoms with Crippen LogP contribution in [0.4, 0.5) is 0 Å². The largest absolute Gasteiger partial charge is 0.504 e. The number of aliphatic hydroxyl groups is 6. The number of ether oxygens (including phenoxy) is 2. The number of aliphatic hydroxyl groups excluding tert-OH is 6. The van der Waals surface area contributed by atoms with E-state index in [1.165, 1.54) is 30.4 Å². The number of nitrogens with two attached hydrogens (primary N) is 1. The smallest absolute Gasteiger partial charge is 0.446 e. The number of rotatable bonds is 18. The number of fused-ring (bicyclic) bond motifs is 2. The van der Waals surface area contributed by atoms with E-state index in [9.17, 15) is 82.3 Å². The Labute approximate surface area is 525 Å². The number of nitrogens with zero attached hydrogens (tertiary/aromatic N) is 4. The third-order valence-corrected chi connectivity index (χ3v) is 17.0. The molecule has 15 N–H and O–H groups in total. The molecule has 0 radical (unpaired) electrons. The maximum atomic E-state index is 14.7. The van der Waals surface area contributed by atoms with E-state index in [0.717, 1.165) is 51.6 Å².